The number of aliphatic hydroxyl groups is 2. The maximum atomic E-state index is 13.2. The van der Waals surface area contributed by atoms with Crippen molar-refractivity contribution in [3.05, 3.63) is 64.9 Å². The molecule has 2 aromatic rings. The molecule has 4 N–H and O–H groups in total. The lowest BCUT2D eigenvalue weighted by Crippen LogP contribution is -2.45. The van der Waals surface area contributed by atoms with Crippen LogP contribution in [0.2, 0.25) is 5.02 Å². The Balaban J connectivity index is 1.56. The van der Waals surface area contributed by atoms with Crippen molar-refractivity contribution in [1.29, 1.82) is 0 Å². The van der Waals surface area contributed by atoms with E-state index in [9.17, 15) is 24.2 Å². The first kappa shape index (κ1) is 23.1. The van der Waals surface area contributed by atoms with E-state index in [4.69, 9.17) is 16.3 Å². The minimum atomic E-state index is -2.05. The summed E-state index contributed by atoms with van der Waals surface area (Å²) in [5.74, 6) is -2.48. The van der Waals surface area contributed by atoms with Crippen molar-refractivity contribution in [3.63, 3.8) is 0 Å². The Hall–Kier alpha value is -2.52. The van der Waals surface area contributed by atoms with E-state index < -0.39 is 24.1 Å². The number of halogens is 2. The third-order valence-corrected chi connectivity index (χ3v) is 5.62. The summed E-state index contributed by atoms with van der Waals surface area (Å²) in [5.41, 5.74) is 1.17. The van der Waals surface area contributed by atoms with Crippen LogP contribution in [0.25, 0.3) is 0 Å². The van der Waals surface area contributed by atoms with Gasteiger partial charge in [-0.05, 0) is 48.7 Å². The molecule has 0 saturated carbocycles. The van der Waals surface area contributed by atoms with Gasteiger partial charge in [-0.15, -0.1) is 0 Å². The summed E-state index contributed by atoms with van der Waals surface area (Å²) in [6, 6.07) is 12.5. The molecule has 0 radical (unpaired) electrons. The number of amides is 1. The van der Waals surface area contributed by atoms with Gasteiger partial charge in [0.25, 0.3) is 5.91 Å². The van der Waals surface area contributed by atoms with Gasteiger partial charge < -0.3 is 25.6 Å². The first-order valence-electron chi connectivity index (χ1n) is 9.91. The van der Waals surface area contributed by atoms with E-state index in [0.29, 0.717) is 6.54 Å². The molecule has 4 atom stereocenters. The smallest absolute Gasteiger partial charge is 0.338 e. The van der Waals surface area contributed by atoms with Gasteiger partial charge in [0.2, 0.25) is 0 Å². The van der Waals surface area contributed by atoms with Gasteiger partial charge in [-0.2, -0.15) is 0 Å². The standard InChI is InChI=1S/C22H24ClFN2O5/c23-17-3-1-2-4-18(17)26-21(29)19(27)20(28)22(30)31-12-14-11-25-10-9-16(14)13-5-7-15(24)8-6-13/h1-8,14,16,19-20,25,27-28H,9-12H2,(H,26,29)/t14-,16-,19?,20?/m0/s1. The summed E-state index contributed by atoms with van der Waals surface area (Å²) >= 11 is 5.95. The molecule has 7 nitrogen and oxygen atoms in total. The van der Waals surface area contributed by atoms with Crippen LogP contribution in [0.5, 0.6) is 0 Å². The van der Waals surface area contributed by atoms with Crippen LogP contribution < -0.4 is 10.6 Å². The Labute approximate surface area is 184 Å². The van der Waals surface area contributed by atoms with Crippen LogP contribution in [0.4, 0.5) is 10.1 Å². The molecule has 0 aliphatic carbocycles. The first-order valence-corrected chi connectivity index (χ1v) is 10.3. The van der Waals surface area contributed by atoms with Crippen molar-refractivity contribution < 1.29 is 28.9 Å². The molecule has 1 heterocycles. The number of esters is 1. The topological polar surface area (TPSA) is 108 Å². The first-order chi connectivity index (χ1) is 14.9. The van der Waals surface area contributed by atoms with Crippen molar-refractivity contribution in [3.8, 4) is 0 Å². The summed E-state index contributed by atoms with van der Waals surface area (Å²) in [6.07, 6.45) is -3.30. The fourth-order valence-electron chi connectivity index (χ4n) is 3.56. The molecule has 1 amide bonds. The van der Waals surface area contributed by atoms with Crippen LogP contribution in [0.15, 0.2) is 48.5 Å². The number of para-hydroxylation sites is 1. The summed E-state index contributed by atoms with van der Waals surface area (Å²) in [5, 5.41) is 25.9. The van der Waals surface area contributed by atoms with Crippen molar-refractivity contribution >= 4 is 29.2 Å². The minimum Gasteiger partial charge on any atom is -0.463 e. The molecular weight excluding hydrogens is 427 g/mol. The summed E-state index contributed by atoms with van der Waals surface area (Å²) in [6.45, 7) is 1.32. The summed E-state index contributed by atoms with van der Waals surface area (Å²) in [4.78, 5) is 24.4. The molecule has 2 aromatic carbocycles. The molecule has 1 aliphatic heterocycles. The molecule has 0 spiro atoms. The lowest BCUT2D eigenvalue weighted by Gasteiger charge is -2.32. The monoisotopic (exact) mass is 450 g/mol. The Morgan fingerprint density at radius 2 is 1.87 bits per heavy atom. The Morgan fingerprint density at radius 1 is 1.16 bits per heavy atom. The lowest BCUT2D eigenvalue weighted by atomic mass is 9.81. The third-order valence-electron chi connectivity index (χ3n) is 5.29. The summed E-state index contributed by atoms with van der Waals surface area (Å²) < 4.78 is 18.4. The van der Waals surface area contributed by atoms with Crippen LogP contribution in [0.3, 0.4) is 0 Å². The van der Waals surface area contributed by atoms with Crippen molar-refractivity contribution in [2.75, 3.05) is 25.0 Å². The molecule has 1 fully saturated rings. The maximum absolute atomic E-state index is 13.2. The molecule has 166 valence electrons. The molecule has 0 bridgehead atoms. The van der Waals surface area contributed by atoms with E-state index in [2.05, 4.69) is 10.6 Å². The van der Waals surface area contributed by atoms with E-state index in [1.54, 1.807) is 30.3 Å². The zero-order valence-corrected chi connectivity index (χ0v) is 17.4. The van der Waals surface area contributed by atoms with E-state index in [0.717, 1.165) is 18.5 Å². The van der Waals surface area contributed by atoms with Gasteiger partial charge in [-0.1, -0.05) is 35.9 Å². The number of benzene rings is 2. The number of piperidine rings is 1. The van der Waals surface area contributed by atoms with Crippen LogP contribution >= 0.6 is 11.6 Å². The number of anilines is 1. The number of hydrogen-bond acceptors (Lipinski definition) is 6. The fraction of sp³-hybridized carbons (Fsp3) is 0.364. The molecular formula is C22H24ClFN2O5. The van der Waals surface area contributed by atoms with Crippen molar-refractivity contribution in [2.45, 2.75) is 24.5 Å². The summed E-state index contributed by atoms with van der Waals surface area (Å²) in [7, 11) is 0. The minimum absolute atomic E-state index is 0.0240. The molecule has 2 unspecified atom stereocenters. The average molecular weight is 451 g/mol. The maximum Gasteiger partial charge on any atom is 0.338 e. The van der Waals surface area contributed by atoms with Crippen LogP contribution in [0.1, 0.15) is 17.9 Å². The second-order valence-electron chi connectivity index (χ2n) is 7.40. The van der Waals surface area contributed by atoms with Gasteiger partial charge in [0.1, 0.15) is 5.82 Å². The SMILES string of the molecule is O=C(Nc1ccccc1Cl)C(O)C(O)C(=O)OC[C@@H]1CNCC[C@H]1c1ccc(F)cc1. The van der Waals surface area contributed by atoms with E-state index in [-0.39, 0.29) is 35.0 Å². The Morgan fingerprint density at radius 3 is 2.58 bits per heavy atom. The molecule has 0 aromatic heterocycles. The van der Waals surface area contributed by atoms with E-state index in [1.807, 2.05) is 0 Å². The Kier molecular flexibility index (Phi) is 7.97. The van der Waals surface area contributed by atoms with Gasteiger partial charge in [-0.3, -0.25) is 4.79 Å². The second-order valence-corrected chi connectivity index (χ2v) is 7.81. The van der Waals surface area contributed by atoms with Crippen molar-refractivity contribution in [2.24, 2.45) is 5.92 Å². The predicted octanol–water partition coefficient (Wildman–Crippen LogP) is 2.08. The molecule has 1 saturated heterocycles. The highest BCUT2D eigenvalue weighted by atomic mass is 35.5. The van der Waals surface area contributed by atoms with E-state index in [1.165, 1.54) is 18.2 Å². The fourth-order valence-corrected chi connectivity index (χ4v) is 3.75. The van der Waals surface area contributed by atoms with Gasteiger partial charge in [0.05, 0.1) is 17.3 Å². The van der Waals surface area contributed by atoms with Crippen LogP contribution in [-0.2, 0) is 14.3 Å². The van der Waals surface area contributed by atoms with Crippen molar-refractivity contribution in [1.82, 2.24) is 5.32 Å². The van der Waals surface area contributed by atoms with Gasteiger partial charge >= 0.3 is 5.97 Å². The largest absolute Gasteiger partial charge is 0.463 e. The normalized spacial score (nSPS) is 20.5. The second kappa shape index (κ2) is 10.7. The number of ether oxygens (including phenoxy) is 1. The third kappa shape index (κ3) is 6.01. The molecule has 1 aliphatic rings. The average Bonchev–Trinajstić information content (AvgIpc) is 2.78. The van der Waals surface area contributed by atoms with Crippen LogP contribution in [-0.4, -0.2) is 54.0 Å². The highest BCUT2D eigenvalue weighted by Crippen LogP contribution is 2.31. The molecule has 31 heavy (non-hydrogen) atoms. The van der Waals surface area contributed by atoms with Crippen LogP contribution in [0, 0.1) is 11.7 Å². The highest BCUT2D eigenvalue weighted by molar-refractivity contribution is 6.33. The number of nitrogens with one attached hydrogen (secondary N) is 2. The van der Waals surface area contributed by atoms with Gasteiger partial charge in [0.15, 0.2) is 12.2 Å². The van der Waals surface area contributed by atoms with Gasteiger partial charge in [0, 0.05) is 12.5 Å². The molecule has 3 rings (SSSR count). The zero-order chi connectivity index (χ0) is 22.4. The van der Waals surface area contributed by atoms with Gasteiger partial charge in [-0.25, -0.2) is 9.18 Å². The number of hydrogen-bond donors (Lipinski definition) is 4. The lowest BCUT2D eigenvalue weighted by molar-refractivity contribution is -0.164. The highest BCUT2D eigenvalue weighted by Gasteiger charge is 2.34. The number of rotatable bonds is 7. The Bertz CT molecular complexity index is 911. The number of carbonyl (C=O) groups excluding carboxylic acids is 2. The number of carbonyl (C=O) groups is 2. The zero-order valence-electron chi connectivity index (χ0n) is 16.6. The predicted molar refractivity (Wildman–Crippen MR) is 113 cm³/mol. The quantitative estimate of drug-likeness (QED) is 0.481. The van der Waals surface area contributed by atoms with E-state index >= 15 is 0 Å². The molecule has 9 heteroatoms. The number of aliphatic hydroxyl groups excluding tert-OH is 2.